The number of aryl methyl sites for hydroxylation is 2. The van der Waals surface area contributed by atoms with E-state index in [4.69, 9.17) is 0 Å². The Morgan fingerprint density at radius 3 is 2.29 bits per heavy atom. The molecule has 0 fully saturated rings. The minimum absolute atomic E-state index is 0.249. The number of hydrogen-bond acceptors (Lipinski definition) is 3. The van der Waals surface area contributed by atoms with Gasteiger partial charge in [0.15, 0.2) is 0 Å². The molecule has 1 unspecified atom stereocenters. The van der Waals surface area contributed by atoms with Crippen LogP contribution in [-0.4, -0.2) is 28.8 Å². The molecule has 21 heavy (non-hydrogen) atoms. The summed E-state index contributed by atoms with van der Waals surface area (Å²) in [5.41, 5.74) is 6.07. The van der Waals surface area contributed by atoms with Crippen molar-refractivity contribution in [1.29, 1.82) is 0 Å². The molecule has 1 heterocycles. The predicted molar refractivity (Wildman–Crippen MR) is 88.6 cm³/mol. The van der Waals surface area contributed by atoms with Gasteiger partial charge in [-0.2, -0.15) is 5.10 Å². The molecule has 1 aromatic carbocycles. The van der Waals surface area contributed by atoms with Crippen molar-refractivity contribution < 1.29 is 0 Å². The van der Waals surface area contributed by atoms with Gasteiger partial charge in [-0.3, -0.25) is 4.68 Å². The lowest BCUT2D eigenvalue weighted by atomic mass is 10.1. The molecule has 0 spiro atoms. The maximum absolute atomic E-state index is 4.49. The Balaban J connectivity index is 2.10. The van der Waals surface area contributed by atoms with Crippen LogP contribution >= 0.6 is 0 Å². The van der Waals surface area contributed by atoms with E-state index in [1.54, 1.807) is 0 Å². The van der Waals surface area contributed by atoms with Crippen molar-refractivity contribution >= 4 is 5.69 Å². The van der Waals surface area contributed by atoms with Gasteiger partial charge in [-0.25, -0.2) is 0 Å². The first-order valence-electron chi connectivity index (χ1n) is 7.38. The zero-order valence-corrected chi connectivity index (χ0v) is 13.9. The van der Waals surface area contributed by atoms with Crippen LogP contribution in [0.4, 0.5) is 5.69 Å². The third-order valence-electron chi connectivity index (χ3n) is 3.83. The molecule has 1 aromatic heterocycles. The number of rotatable bonds is 5. The largest absolute Gasteiger partial charge is 0.378 e. The molecule has 0 radical (unpaired) electrons. The van der Waals surface area contributed by atoms with Gasteiger partial charge in [0.05, 0.1) is 11.7 Å². The summed E-state index contributed by atoms with van der Waals surface area (Å²) in [5.74, 6) is 0. The lowest BCUT2D eigenvalue weighted by Crippen LogP contribution is -2.11. The number of nitrogens with zero attached hydrogens (tertiary/aromatic N) is 3. The molecule has 0 aliphatic rings. The number of aromatic nitrogens is 2. The van der Waals surface area contributed by atoms with Crippen molar-refractivity contribution in [2.75, 3.05) is 19.4 Å². The van der Waals surface area contributed by atoms with E-state index in [1.807, 2.05) is 11.7 Å². The number of nitrogens with one attached hydrogen (secondary N) is 1. The molecule has 0 aliphatic heterocycles. The smallest absolute Gasteiger partial charge is 0.0649 e. The molecule has 1 N–H and O–H groups in total. The van der Waals surface area contributed by atoms with E-state index in [9.17, 15) is 0 Å². The molecule has 2 aromatic rings. The van der Waals surface area contributed by atoms with Crippen LogP contribution in [0.25, 0.3) is 0 Å². The maximum atomic E-state index is 4.49. The first-order valence-corrected chi connectivity index (χ1v) is 7.38. The normalized spacial score (nSPS) is 12.7. The fraction of sp³-hybridized carbons (Fsp3) is 0.471. The first kappa shape index (κ1) is 15.6. The molecule has 4 heteroatoms. The molecular formula is C17H26N4. The lowest BCUT2D eigenvalue weighted by molar-refractivity contribution is 0.402. The van der Waals surface area contributed by atoms with Crippen molar-refractivity contribution in [1.82, 2.24) is 14.7 Å². The summed E-state index contributed by atoms with van der Waals surface area (Å²) in [4.78, 5) is 2.17. The van der Waals surface area contributed by atoms with Crippen molar-refractivity contribution in [3.63, 3.8) is 0 Å². The van der Waals surface area contributed by atoms with Gasteiger partial charge >= 0.3 is 0 Å². The standard InChI is InChI=1S/C17H26N4/c1-12(17-13(2)19-21(6)14(17)3)18-16-9-7-15(8-10-16)11-20(4)5/h7-10,12,18H,11H2,1-6H3. The molecule has 0 amide bonds. The van der Waals surface area contributed by atoms with Crippen LogP contribution in [-0.2, 0) is 13.6 Å². The molecule has 0 saturated heterocycles. The fourth-order valence-corrected chi connectivity index (χ4v) is 2.81. The Labute approximate surface area is 127 Å². The third-order valence-corrected chi connectivity index (χ3v) is 3.83. The van der Waals surface area contributed by atoms with E-state index in [1.165, 1.54) is 16.8 Å². The Morgan fingerprint density at radius 1 is 1.19 bits per heavy atom. The Bertz CT molecular complexity index is 596. The van der Waals surface area contributed by atoms with Crippen molar-refractivity contribution in [3.05, 3.63) is 46.8 Å². The van der Waals surface area contributed by atoms with Gasteiger partial charge < -0.3 is 10.2 Å². The van der Waals surface area contributed by atoms with Crippen molar-refractivity contribution in [2.24, 2.45) is 7.05 Å². The zero-order chi connectivity index (χ0) is 15.6. The minimum Gasteiger partial charge on any atom is -0.378 e. The summed E-state index contributed by atoms with van der Waals surface area (Å²) in [6, 6.07) is 8.90. The van der Waals surface area contributed by atoms with Gasteiger partial charge in [0.25, 0.3) is 0 Å². The SMILES string of the molecule is Cc1nn(C)c(C)c1C(C)Nc1ccc(CN(C)C)cc1. The Hall–Kier alpha value is -1.81. The van der Waals surface area contributed by atoms with Crippen LogP contribution in [0, 0.1) is 13.8 Å². The second-order valence-electron chi connectivity index (χ2n) is 6.01. The van der Waals surface area contributed by atoms with Crippen LogP contribution in [0.1, 0.15) is 35.5 Å². The second-order valence-corrected chi connectivity index (χ2v) is 6.01. The topological polar surface area (TPSA) is 33.1 Å². The average molecular weight is 286 g/mol. The van der Waals surface area contributed by atoms with Gasteiger partial charge in [0.1, 0.15) is 0 Å². The van der Waals surface area contributed by atoms with E-state index in [-0.39, 0.29) is 6.04 Å². The summed E-state index contributed by atoms with van der Waals surface area (Å²) in [5, 5.41) is 8.06. The van der Waals surface area contributed by atoms with E-state index in [2.05, 4.69) is 74.4 Å². The Morgan fingerprint density at radius 2 is 1.81 bits per heavy atom. The van der Waals surface area contributed by atoms with E-state index in [0.717, 1.165) is 17.9 Å². The van der Waals surface area contributed by atoms with Gasteiger partial charge in [-0.05, 0) is 52.6 Å². The zero-order valence-electron chi connectivity index (χ0n) is 13.9. The van der Waals surface area contributed by atoms with Gasteiger partial charge in [0, 0.05) is 30.5 Å². The van der Waals surface area contributed by atoms with E-state index < -0.39 is 0 Å². The third kappa shape index (κ3) is 3.64. The number of anilines is 1. The Kier molecular flexibility index (Phi) is 4.68. The van der Waals surface area contributed by atoms with Crippen LogP contribution in [0.2, 0.25) is 0 Å². The predicted octanol–water partition coefficient (Wildman–Crippen LogP) is 3.27. The monoisotopic (exact) mass is 286 g/mol. The molecule has 0 bridgehead atoms. The highest BCUT2D eigenvalue weighted by molar-refractivity contribution is 5.47. The van der Waals surface area contributed by atoms with Gasteiger partial charge in [0.2, 0.25) is 0 Å². The summed E-state index contributed by atoms with van der Waals surface area (Å²) in [7, 11) is 6.17. The average Bonchev–Trinajstić information content (AvgIpc) is 2.65. The second kappa shape index (κ2) is 6.31. The van der Waals surface area contributed by atoms with Crippen LogP contribution in [0.3, 0.4) is 0 Å². The lowest BCUT2D eigenvalue weighted by Gasteiger charge is -2.17. The number of hydrogen-bond donors (Lipinski definition) is 1. The molecular weight excluding hydrogens is 260 g/mol. The summed E-state index contributed by atoms with van der Waals surface area (Å²) in [6.45, 7) is 7.34. The minimum atomic E-state index is 0.249. The van der Waals surface area contributed by atoms with Crippen LogP contribution in [0.5, 0.6) is 0 Å². The molecule has 4 nitrogen and oxygen atoms in total. The van der Waals surface area contributed by atoms with E-state index in [0.29, 0.717) is 0 Å². The van der Waals surface area contributed by atoms with Crippen molar-refractivity contribution in [3.8, 4) is 0 Å². The molecule has 114 valence electrons. The molecule has 0 aliphatic carbocycles. The van der Waals surface area contributed by atoms with Crippen LogP contribution < -0.4 is 5.32 Å². The summed E-state index contributed by atoms with van der Waals surface area (Å²) in [6.07, 6.45) is 0. The van der Waals surface area contributed by atoms with Crippen molar-refractivity contribution in [2.45, 2.75) is 33.4 Å². The molecule has 1 atom stereocenters. The molecule has 0 saturated carbocycles. The van der Waals surface area contributed by atoms with Gasteiger partial charge in [-0.15, -0.1) is 0 Å². The quantitative estimate of drug-likeness (QED) is 0.915. The first-order chi connectivity index (χ1) is 9.88. The fourth-order valence-electron chi connectivity index (χ4n) is 2.81. The summed E-state index contributed by atoms with van der Waals surface area (Å²) >= 11 is 0. The maximum Gasteiger partial charge on any atom is 0.0649 e. The molecule has 2 rings (SSSR count). The van der Waals surface area contributed by atoms with Gasteiger partial charge in [-0.1, -0.05) is 12.1 Å². The highest BCUT2D eigenvalue weighted by Crippen LogP contribution is 2.24. The number of benzene rings is 1. The summed E-state index contributed by atoms with van der Waals surface area (Å²) < 4.78 is 1.95. The van der Waals surface area contributed by atoms with E-state index >= 15 is 0 Å². The highest BCUT2D eigenvalue weighted by atomic mass is 15.3. The van der Waals surface area contributed by atoms with Crippen LogP contribution in [0.15, 0.2) is 24.3 Å². The highest BCUT2D eigenvalue weighted by Gasteiger charge is 2.15.